The number of carbonyl (C=O) groups is 1. The molecule has 0 aromatic heterocycles. The molecule has 110 valence electrons. The Balaban J connectivity index is 2.34. The van der Waals surface area contributed by atoms with Crippen LogP contribution in [-0.2, 0) is 0 Å². The van der Waals surface area contributed by atoms with Crippen molar-refractivity contribution in [3.05, 3.63) is 56.5 Å². The van der Waals surface area contributed by atoms with Gasteiger partial charge in [0.2, 0.25) is 0 Å². The number of hydrogen-bond donors (Lipinski definition) is 1. The molecule has 0 aliphatic carbocycles. The minimum absolute atomic E-state index is 0.240. The lowest BCUT2D eigenvalue weighted by molar-refractivity contribution is 0.102. The second-order valence-corrected chi connectivity index (χ2v) is 6.04. The van der Waals surface area contributed by atoms with Gasteiger partial charge in [0, 0.05) is 15.2 Å². The van der Waals surface area contributed by atoms with Gasteiger partial charge in [-0.15, -0.1) is 0 Å². The van der Waals surface area contributed by atoms with Crippen LogP contribution in [0.5, 0.6) is 5.75 Å². The molecule has 0 bridgehead atoms. The lowest BCUT2D eigenvalue weighted by atomic mass is 10.1. The number of amides is 1. The van der Waals surface area contributed by atoms with Crippen LogP contribution in [0.15, 0.2) is 34.8 Å². The average molecular weight is 369 g/mol. The molecule has 0 radical (unpaired) electrons. The van der Waals surface area contributed by atoms with Crippen molar-refractivity contribution < 1.29 is 9.53 Å². The van der Waals surface area contributed by atoms with Crippen LogP contribution >= 0.6 is 27.5 Å². The van der Waals surface area contributed by atoms with Crippen LogP contribution in [0.4, 0.5) is 5.69 Å². The Morgan fingerprint density at radius 2 is 1.90 bits per heavy atom. The third kappa shape index (κ3) is 3.57. The van der Waals surface area contributed by atoms with Crippen molar-refractivity contribution in [1.82, 2.24) is 0 Å². The van der Waals surface area contributed by atoms with Gasteiger partial charge in [-0.3, -0.25) is 4.79 Å². The Morgan fingerprint density at radius 3 is 2.52 bits per heavy atom. The normalized spacial score (nSPS) is 10.3. The molecule has 3 nitrogen and oxygen atoms in total. The van der Waals surface area contributed by atoms with E-state index in [0.29, 0.717) is 22.0 Å². The smallest absolute Gasteiger partial charge is 0.259 e. The first kappa shape index (κ1) is 15.9. The lowest BCUT2D eigenvalue weighted by Crippen LogP contribution is -2.14. The number of aryl methyl sites for hydroxylation is 2. The predicted molar refractivity (Wildman–Crippen MR) is 89.6 cm³/mol. The van der Waals surface area contributed by atoms with Gasteiger partial charge in [-0.25, -0.2) is 0 Å². The molecule has 0 fully saturated rings. The van der Waals surface area contributed by atoms with Gasteiger partial charge in [0.25, 0.3) is 5.91 Å². The van der Waals surface area contributed by atoms with E-state index in [1.807, 2.05) is 32.0 Å². The Labute approximate surface area is 137 Å². The number of anilines is 1. The van der Waals surface area contributed by atoms with E-state index in [2.05, 4.69) is 21.2 Å². The molecule has 0 aliphatic rings. The highest BCUT2D eigenvalue weighted by Gasteiger charge is 2.16. The molecule has 1 N–H and O–H groups in total. The third-order valence-corrected chi connectivity index (χ3v) is 3.98. The minimum Gasteiger partial charge on any atom is -0.496 e. The van der Waals surface area contributed by atoms with Gasteiger partial charge in [-0.1, -0.05) is 33.6 Å². The Hall–Kier alpha value is -1.52. The zero-order chi connectivity index (χ0) is 15.6. The van der Waals surface area contributed by atoms with Crippen molar-refractivity contribution in [2.75, 3.05) is 12.4 Å². The lowest BCUT2D eigenvalue weighted by Gasteiger charge is -2.13. The van der Waals surface area contributed by atoms with E-state index in [-0.39, 0.29) is 5.91 Å². The van der Waals surface area contributed by atoms with E-state index in [4.69, 9.17) is 16.3 Å². The second kappa shape index (κ2) is 6.50. The maximum atomic E-state index is 12.4. The molecule has 0 spiro atoms. The zero-order valence-electron chi connectivity index (χ0n) is 12.0. The molecule has 5 heteroatoms. The highest BCUT2D eigenvalue weighted by Crippen LogP contribution is 2.29. The van der Waals surface area contributed by atoms with Crippen molar-refractivity contribution >= 4 is 39.1 Å². The van der Waals surface area contributed by atoms with Gasteiger partial charge in [-0.2, -0.15) is 0 Å². The van der Waals surface area contributed by atoms with Crippen LogP contribution in [-0.4, -0.2) is 13.0 Å². The summed E-state index contributed by atoms with van der Waals surface area (Å²) in [6.07, 6.45) is 0. The van der Waals surface area contributed by atoms with Gasteiger partial charge >= 0.3 is 0 Å². The van der Waals surface area contributed by atoms with Crippen LogP contribution in [0.3, 0.4) is 0 Å². The monoisotopic (exact) mass is 367 g/mol. The first-order chi connectivity index (χ1) is 9.92. The fourth-order valence-electron chi connectivity index (χ4n) is 2.04. The number of rotatable bonds is 3. The van der Waals surface area contributed by atoms with Crippen molar-refractivity contribution in [2.45, 2.75) is 13.8 Å². The third-order valence-electron chi connectivity index (χ3n) is 3.12. The van der Waals surface area contributed by atoms with E-state index in [9.17, 15) is 4.79 Å². The maximum absolute atomic E-state index is 12.4. The van der Waals surface area contributed by atoms with Crippen LogP contribution in [0.2, 0.25) is 5.02 Å². The molecule has 2 aromatic carbocycles. The van der Waals surface area contributed by atoms with Crippen LogP contribution in [0, 0.1) is 13.8 Å². The molecule has 0 unspecified atom stereocenters. The molecule has 2 rings (SSSR count). The minimum atomic E-state index is -0.240. The fraction of sp³-hybridized carbons (Fsp3) is 0.188. The highest BCUT2D eigenvalue weighted by molar-refractivity contribution is 9.10. The summed E-state index contributed by atoms with van der Waals surface area (Å²) in [6, 6.07) is 9.04. The maximum Gasteiger partial charge on any atom is 0.259 e. The number of halogens is 2. The molecule has 0 aliphatic heterocycles. The van der Waals surface area contributed by atoms with Crippen molar-refractivity contribution in [3.63, 3.8) is 0 Å². The summed E-state index contributed by atoms with van der Waals surface area (Å²) >= 11 is 9.46. The Kier molecular flexibility index (Phi) is 4.91. The summed E-state index contributed by atoms with van der Waals surface area (Å²) in [6.45, 7) is 3.80. The van der Waals surface area contributed by atoms with E-state index < -0.39 is 0 Å². The van der Waals surface area contributed by atoms with Crippen molar-refractivity contribution in [1.29, 1.82) is 0 Å². The Bertz CT molecular complexity index is 701. The van der Waals surface area contributed by atoms with Crippen molar-refractivity contribution in [3.8, 4) is 5.75 Å². The molecular formula is C16H15BrClNO2. The average Bonchev–Trinajstić information content (AvgIpc) is 2.42. The number of ether oxygens (including phenoxy) is 1. The number of nitrogens with one attached hydrogen (secondary N) is 1. The first-order valence-electron chi connectivity index (χ1n) is 6.34. The second-order valence-electron chi connectivity index (χ2n) is 4.72. The summed E-state index contributed by atoms with van der Waals surface area (Å²) in [5.74, 6) is 0.324. The molecule has 0 heterocycles. The first-order valence-corrected chi connectivity index (χ1v) is 7.51. The Morgan fingerprint density at radius 1 is 1.19 bits per heavy atom. The fourth-order valence-corrected chi connectivity index (χ4v) is 2.79. The largest absolute Gasteiger partial charge is 0.496 e. The van der Waals surface area contributed by atoms with Crippen LogP contribution < -0.4 is 10.1 Å². The van der Waals surface area contributed by atoms with E-state index in [1.165, 1.54) is 0 Å². The van der Waals surface area contributed by atoms with Gasteiger partial charge in [0.1, 0.15) is 5.75 Å². The summed E-state index contributed by atoms with van der Waals surface area (Å²) in [5, 5.41) is 3.45. The topological polar surface area (TPSA) is 38.3 Å². The number of benzene rings is 2. The molecule has 2 aromatic rings. The molecular weight excluding hydrogens is 354 g/mol. The number of methoxy groups -OCH3 is 1. The molecule has 1 amide bonds. The van der Waals surface area contributed by atoms with E-state index in [1.54, 1.807) is 19.2 Å². The number of carbonyl (C=O) groups excluding carboxylic acids is 1. The van der Waals surface area contributed by atoms with Crippen LogP contribution in [0.1, 0.15) is 21.5 Å². The summed E-state index contributed by atoms with van der Waals surface area (Å²) in [5.41, 5.74) is 2.97. The molecule has 0 saturated carbocycles. The molecule has 21 heavy (non-hydrogen) atoms. The SMILES string of the molecule is COc1c(C)cc(Br)cc1C(=O)Nc1ccc(C)c(Cl)c1. The van der Waals surface area contributed by atoms with Crippen molar-refractivity contribution in [2.24, 2.45) is 0 Å². The van der Waals surface area contributed by atoms with E-state index >= 15 is 0 Å². The zero-order valence-corrected chi connectivity index (χ0v) is 14.3. The standard InChI is InChI=1S/C16H15BrClNO2/c1-9-4-5-12(8-14(9)18)19-16(20)13-7-11(17)6-10(2)15(13)21-3/h4-8H,1-3H3,(H,19,20). The quantitative estimate of drug-likeness (QED) is 0.829. The van der Waals surface area contributed by atoms with Gasteiger partial charge in [-0.05, 0) is 49.2 Å². The summed E-state index contributed by atoms with van der Waals surface area (Å²) in [4.78, 5) is 12.4. The summed E-state index contributed by atoms with van der Waals surface area (Å²) < 4.78 is 6.15. The van der Waals surface area contributed by atoms with Gasteiger partial charge in [0.05, 0.1) is 12.7 Å². The van der Waals surface area contributed by atoms with E-state index in [0.717, 1.165) is 15.6 Å². The van der Waals surface area contributed by atoms with Gasteiger partial charge < -0.3 is 10.1 Å². The van der Waals surface area contributed by atoms with Gasteiger partial charge in [0.15, 0.2) is 0 Å². The predicted octanol–water partition coefficient (Wildman–Crippen LogP) is 4.98. The number of hydrogen-bond acceptors (Lipinski definition) is 2. The highest BCUT2D eigenvalue weighted by atomic mass is 79.9. The summed E-state index contributed by atoms with van der Waals surface area (Å²) in [7, 11) is 1.55. The van der Waals surface area contributed by atoms with Crippen LogP contribution in [0.25, 0.3) is 0 Å². The molecule has 0 atom stereocenters. The molecule has 0 saturated heterocycles.